The molecule has 7 heteroatoms. The van der Waals surface area contributed by atoms with Crippen molar-refractivity contribution in [2.45, 2.75) is 26.4 Å². The summed E-state index contributed by atoms with van der Waals surface area (Å²) in [6, 6.07) is 12.9. The van der Waals surface area contributed by atoms with Crippen LogP contribution in [0.2, 0.25) is 0 Å². The number of ether oxygens (including phenoxy) is 1. The van der Waals surface area contributed by atoms with Crippen molar-refractivity contribution in [2.75, 3.05) is 6.61 Å². The highest BCUT2D eigenvalue weighted by molar-refractivity contribution is 5.94. The first-order valence-electron chi connectivity index (χ1n) is 8.90. The number of aromatic nitrogens is 4. The molecule has 27 heavy (non-hydrogen) atoms. The van der Waals surface area contributed by atoms with E-state index in [2.05, 4.69) is 34.3 Å². The van der Waals surface area contributed by atoms with Crippen LogP contribution in [-0.4, -0.2) is 32.5 Å². The van der Waals surface area contributed by atoms with Crippen molar-refractivity contribution >= 4 is 5.91 Å². The van der Waals surface area contributed by atoms with E-state index in [9.17, 15) is 4.79 Å². The number of hydrogen-bond donors (Lipinski definition) is 1. The maximum atomic E-state index is 12.7. The van der Waals surface area contributed by atoms with E-state index in [1.165, 1.54) is 6.20 Å². The van der Waals surface area contributed by atoms with E-state index in [4.69, 9.17) is 4.74 Å². The molecule has 1 aromatic carbocycles. The zero-order valence-corrected chi connectivity index (χ0v) is 15.4. The quantitative estimate of drug-likeness (QED) is 0.664. The standard InChI is InChI=1S/C20H23N5O2/c1-15(2)14-27-19-9-8-17(12-21-19)20(26)24-18(13-25-22-10-11-23-25)16-6-4-3-5-7-16/h3-12,15,18H,13-14H2,1-2H3,(H,24,26). The summed E-state index contributed by atoms with van der Waals surface area (Å²) in [4.78, 5) is 18.5. The summed E-state index contributed by atoms with van der Waals surface area (Å²) in [6.07, 6.45) is 4.76. The molecule has 0 aliphatic heterocycles. The predicted molar refractivity (Wildman–Crippen MR) is 101 cm³/mol. The molecule has 0 radical (unpaired) electrons. The molecule has 7 nitrogen and oxygen atoms in total. The second-order valence-corrected chi connectivity index (χ2v) is 6.61. The van der Waals surface area contributed by atoms with Crippen molar-refractivity contribution in [3.63, 3.8) is 0 Å². The fourth-order valence-corrected chi connectivity index (χ4v) is 2.51. The van der Waals surface area contributed by atoms with E-state index >= 15 is 0 Å². The molecule has 1 atom stereocenters. The number of hydrogen-bond acceptors (Lipinski definition) is 5. The van der Waals surface area contributed by atoms with Crippen LogP contribution in [0.15, 0.2) is 61.1 Å². The maximum Gasteiger partial charge on any atom is 0.253 e. The molecule has 0 saturated carbocycles. The molecule has 0 bridgehead atoms. The predicted octanol–water partition coefficient (Wildman–Crippen LogP) is 2.88. The van der Waals surface area contributed by atoms with Crippen LogP contribution >= 0.6 is 0 Å². The van der Waals surface area contributed by atoms with Crippen molar-refractivity contribution in [3.8, 4) is 5.88 Å². The van der Waals surface area contributed by atoms with Gasteiger partial charge in [-0.25, -0.2) is 4.98 Å². The lowest BCUT2D eigenvalue weighted by atomic mass is 10.1. The van der Waals surface area contributed by atoms with Gasteiger partial charge in [-0.2, -0.15) is 15.0 Å². The number of rotatable bonds is 8. The summed E-state index contributed by atoms with van der Waals surface area (Å²) in [7, 11) is 0. The zero-order valence-electron chi connectivity index (χ0n) is 15.4. The van der Waals surface area contributed by atoms with E-state index < -0.39 is 0 Å². The Morgan fingerprint density at radius 2 is 1.85 bits per heavy atom. The first-order valence-corrected chi connectivity index (χ1v) is 8.90. The van der Waals surface area contributed by atoms with Crippen molar-refractivity contribution in [1.29, 1.82) is 0 Å². The Balaban J connectivity index is 1.70. The summed E-state index contributed by atoms with van der Waals surface area (Å²) < 4.78 is 5.56. The lowest BCUT2D eigenvalue weighted by molar-refractivity contribution is 0.0930. The molecule has 1 N–H and O–H groups in total. The fraction of sp³-hybridized carbons (Fsp3) is 0.300. The third-order valence-electron chi connectivity index (χ3n) is 3.88. The van der Waals surface area contributed by atoms with E-state index in [0.29, 0.717) is 30.5 Å². The summed E-state index contributed by atoms with van der Waals surface area (Å²) in [6.45, 7) is 5.16. The third-order valence-corrected chi connectivity index (χ3v) is 3.88. The van der Waals surface area contributed by atoms with Crippen LogP contribution in [-0.2, 0) is 6.54 Å². The van der Waals surface area contributed by atoms with Gasteiger partial charge in [-0.1, -0.05) is 44.2 Å². The molecule has 1 amide bonds. The van der Waals surface area contributed by atoms with Gasteiger partial charge in [0, 0.05) is 12.3 Å². The Morgan fingerprint density at radius 1 is 1.11 bits per heavy atom. The molecule has 0 spiro atoms. The Hall–Kier alpha value is -3.22. The Morgan fingerprint density at radius 3 is 2.48 bits per heavy atom. The number of nitrogens with one attached hydrogen (secondary N) is 1. The summed E-state index contributed by atoms with van der Waals surface area (Å²) in [5.41, 5.74) is 1.45. The topological polar surface area (TPSA) is 81.9 Å². The number of amides is 1. The van der Waals surface area contributed by atoms with Gasteiger partial charge in [0.15, 0.2) is 0 Å². The number of carbonyl (C=O) groups is 1. The molecule has 140 valence electrons. The Labute approximate surface area is 158 Å². The first-order chi connectivity index (χ1) is 13.1. The van der Waals surface area contributed by atoms with Gasteiger partial charge >= 0.3 is 0 Å². The minimum atomic E-state index is -0.261. The lowest BCUT2D eigenvalue weighted by Crippen LogP contribution is -2.32. The van der Waals surface area contributed by atoms with Crippen molar-refractivity contribution in [2.24, 2.45) is 5.92 Å². The zero-order chi connectivity index (χ0) is 19.1. The first kappa shape index (κ1) is 18.6. The van der Waals surface area contributed by atoms with Gasteiger partial charge in [0.05, 0.1) is 37.2 Å². The highest BCUT2D eigenvalue weighted by Crippen LogP contribution is 2.16. The number of benzene rings is 1. The van der Waals surface area contributed by atoms with Crippen LogP contribution in [0.1, 0.15) is 35.8 Å². The Bertz CT molecular complexity index is 833. The normalized spacial score (nSPS) is 12.0. The molecule has 1 unspecified atom stereocenters. The molecule has 0 aliphatic rings. The molecular formula is C20H23N5O2. The summed E-state index contributed by atoms with van der Waals surface area (Å²) in [5.74, 6) is 0.719. The molecule has 0 saturated heterocycles. The average molecular weight is 365 g/mol. The highest BCUT2D eigenvalue weighted by Gasteiger charge is 2.17. The molecule has 2 aromatic heterocycles. The van der Waals surface area contributed by atoms with Crippen LogP contribution < -0.4 is 10.1 Å². The monoisotopic (exact) mass is 365 g/mol. The van der Waals surface area contributed by atoms with Crippen molar-refractivity contribution < 1.29 is 9.53 Å². The number of nitrogens with zero attached hydrogens (tertiary/aromatic N) is 4. The number of pyridine rings is 1. The highest BCUT2D eigenvalue weighted by atomic mass is 16.5. The molecule has 3 rings (SSSR count). The van der Waals surface area contributed by atoms with Crippen LogP contribution in [0.3, 0.4) is 0 Å². The largest absolute Gasteiger partial charge is 0.477 e. The molecule has 0 aliphatic carbocycles. The van der Waals surface area contributed by atoms with Crippen LogP contribution in [0.25, 0.3) is 0 Å². The molecular weight excluding hydrogens is 342 g/mol. The van der Waals surface area contributed by atoms with Gasteiger partial charge in [0.2, 0.25) is 5.88 Å². The minimum absolute atomic E-state index is 0.209. The minimum Gasteiger partial charge on any atom is -0.477 e. The van der Waals surface area contributed by atoms with Crippen LogP contribution in [0.4, 0.5) is 0 Å². The van der Waals surface area contributed by atoms with E-state index in [0.717, 1.165) is 5.56 Å². The average Bonchev–Trinajstić information content (AvgIpc) is 3.20. The fourth-order valence-electron chi connectivity index (χ4n) is 2.51. The van der Waals surface area contributed by atoms with Gasteiger partial charge in [0.25, 0.3) is 5.91 Å². The van der Waals surface area contributed by atoms with Gasteiger partial charge in [-0.3, -0.25) is 4.79 Å². The second-order valence-electron chi connectivity index (χ2n) is 6.61. The van der Waals surface area contributed by atoms with E-state index in [1.54, 1.807) is 29.3 Å². The summed E-state index contributed by atoms with van der Waals surface area (Å²) in [5, 5.41) is 11.3. The lowest BCUT2D eigenvalue weighted by Gasteiger charge is -2.19. The van der Waals surface area contributed by atoms with Crippen molar-refractivity contribution in [1.82, 2.24) is 25.3 Å². The van der Waals surface area contributed by atoms with Crippen molar-refractivity contribution in [3.05, 3.63) is 72.2 Å². The molecule has 2 heterocycles. The van der Waals surface area contributed by atoms with Crippen LogP contribution in [0.5, 0.6) is 5.88 Å². The maximum absolute atomic E-state index is 12.7. The molecule has 3 aromatic rings. The van der Waals surface area contributed by atoms with Gasteiger partial charge < -0.3 is 10.1 Å². The molecule has 0 fully saturated rings. The van der Waals surface area contributed by atoms with Gasteiger partial charge in [-0.05, 0) is 17.5 Å². The van der Waals surface area contributed by atoms with E-state index in [-0.39, 0.29) is 11.9 Å². The third kappa shape index (κ3) is 5.37. The van der Waals surface area contributed by atoms with Gasteiger partial charge in [0.1, 0.15) is 0 Å². The van der Waals surface area contributed by atoms with Crippen LogP contribution in [0, 0.1) is 5.92 Å². The summed E-state index contributed by atoms with van der Waals surface area (Å²) >= 11 is 0. The van der Waals surface area contributed by atoms with Gasteiger partial charge in [-0.15, -0.1) is 0 Å². The number of carbonyl (C=O) groups excluding carboxylic acids is 1. The van der Waals surface area contributed by atoms with E-state index in [1.807, 2.05) is 30.3 Å². The SMILES string of the molecule is CC(C)COc1ccc(C(=O)NC(Cn2nccn2)c2ccccc2)cn1. The second kappa shape index (κ2) is 8.93. The smallest absolute Gasteiger partial charge is 0.253 e. The Kier molecular flexibility index (Phi) is 6.14.